The fraction of sp³-hybridized carbons (Fsp3) is 0.125. The number of amides is 1. The Morgan fingerprint density at radius 2 is 2.27 bits per heavy atom. The minimum absolute atomic E-state index is 0.256. The van der Waals surface area contributed by atoms with Crippen LogP contribution in [-0.4, -0.2) is 10.5 Å². The highest BCUT2D eigenvalue weighted by Crippen LogP contribution is 2.21. The molecule has 0 N–H and O–H groups in total. The highest BCUT2D eigenvalue weighted by molar-refractivity contribution is 7.16. The molecular formula is C16H13ClN2OS2. The SMILES string of the molecule is CCn1c(=NC(=O)C=Cc2cccs2)sc2cc(Cl)ccc21. The van der Waals surface area contributed by atoms with Crippen molar-refractivity contribution in [2.45, 2.75) is 13.5 Å². The van der Waals surface area contributed by atoms with Crippen molar-refractivity contribution in [2.75, 3.05) is 0 Å². The molecule has 0 saturated carbocycles. The number of nitrogens with zero attached hydrogens (tertiary/aromatic N) is 2. The lowest BCUT2D eigenvalue weighted by atomic mass is 10.3. The summed E-state index contributed by atoms with van der Waals surface area (Å²) in [6.45, 7) is 2.79. The Labute approximate surface area is 140 Å². The van der Waals surface area contributed by atoms with Gasteiger partial charge in [-0.05, 0) is 42.6 Å². The molecule has 0 fully saturated rings. The van der Waals surface area contributed by atoms with Gasteiger partial charge in [0, 0.05) is 22.5 Å². The molecule has 0 aliphatic carbocycles. The van der Waals surface area contributed by atoms with Crippen molar-refractivity contribution < 1.29 is 4.79 Å². The van der Waals surface area contributed by atoms with Crippen molar-refractivity contribution in [2.24, 2.45) is 4.99 Å². The van der Waals surface area contributed by atoms with Gasteiger partial charge in [-0.3, -0.25) is 4.79 Å². The second kappa shape index (κ2) is 6.60. The average molecular weight is 349 g/mol. The molecule has 22 heavy (non-hydrogen) atoms. The molecule has 0 radical (unpaired) electrons. The Hall–Kier alpha value is -1.69. The van der Waals surface area contributed by atoms with Crippen LogP contribution in [0.5, 0.6) is 0 Å². The molecule has 0 aliphatic heterocycles. The smallest absolute Gasteiger partial charge is 0.272 e. The van der Waals surface area contributed by atoms with Crippen LogP contribution in [0.15, 0.2) is 46.8 Å². The van der Waals surface area contributed by atoms with Gasteiger partial charge in [-0.2, -0.15) is 4.99 Å². The summed E-state index contributed by atoms with van der Waals surface area (Å²) in [6.07, 6.45) is 3.29. The number of thiazole rings is 1. The lowest BCUT2D eigenvalue weighted by molar-refractivity contribution is -0.113. The molecule has 1 aromatic carbocycles. The van der Waals surface area contributed by atoms with Crippen LogP contribution in [0, 0.1) is 0 Å². The van der Waals surface area contributed by atoms with Gasteiger partial charge in [0.15, 0.2) is 4.80 Å². The summed E-state index contributed by atoms with van der Waals surface area (Å²) < 4.78 is 3.05. The zero-order valence-electron chi connectivity index (χ0n) is 11.8. The Morgan fingerprint density at radius 3 is 3.00 bits per heavy atom. The maximum absolute atomic E-state index is 12.0. The summed E-state index contributed by atoms with van der Waals surface area (Å²) in [5.74, 6) is -0.256. The third kappa shape index (κ3) is 3.21. The Kier molecular flexibility index (Phi) is 4.57. The summed E-state index contributed by atoms with van der Waals surface area (Å²) in [7, 11) is 0. The second-order valence-corrected chi connectivity index (χ2v) is 6.96. The summed E-state index contributed by atoms with van der Waals surface area (Å²) in [4.78, 5) is 18.0. The molecule has 0 bridgehead atoms. The molecule has 112 valence electrons. The van der Waals surface area contributed by atoms with Crippen molar-refractivity contribution >= 4 is 56.5 Å². The molecular weight excluding hydrogens is 336 g/mol. The zero-order valence-corrected chi connectivity index (χ0v) is 14.2. The molecule has 3 aromatic rings. The zero-order chi connectivity index (χ0) is 15.5. The largest absolute Gasteiger partial charge is 0.317 e. The van der Waals surface area contributed by atoms with E-state index < -0.39 is 0 Å². The minimum atomic E-state index is -0.256. The molecule has 2 aromatic heterocycles. The van der Waals surface area contributed by atoms with Crippen molar-refractivity contribution in [1.29, 1.82) is 0 Å². The first-order chi connectivity index (χ1) is 10.7. The molecule has 2 heterocycles. The van der Waals surface area contributed by atoms with Gasteiger partial charge < -0.3 is 4.57 Å². The van der Waals surface area contributed by atoms with Crippen LogP contribution in [0.4, 0.5) is 0 Å². The van der Waals surface area contributed by atoms with Crippen LogP contribution in [0.3, 0.4) is 0 Å². The number of rotatable bonds is 3. The van der Waals surface area contributed by atoms with Crippen LogP contribution in [0.2, 0.25) is 5.02 Å². The Balaban J connectivity index is 1.99. The fourth-order valence-corrected chi connectivity index (χ4v) is 4.10. The van der Waals surface area contributed by atoms with E-state index >= 15 is 0 Å². The van der Waals surface area contributed by atoms with Gasteiger partial charge in [0.25, 0.3) is 5.91 Å². The number of carbonyl (C=O) groups is 1. The fourth-order valence-electron chi connectivity index (χ4n) is 2.11. The first-order valence-electron chi connectivity index (χ1n) is 6.76. The first-order valence-corrected chi connectivity index (χ1v) is 8.84. The molecule has 0 saturated heterocycles. The van der Waals surface area contributed by atoms with Gasteiger partial charge in [-0.15, -0.1) is 11.3 Å². The normalized spacial score (nSPS) is 12.5. The van der Waals surface area contributed by atoms with E-state index in [0.29, 0.717) is 9.82 Å². The van der Waals surface area contributed by atoms with Gasteiger partial charge >= 0.3 is 0 Å². The van der Waals surface area contributed by atoms with E-state index in [1.807, 2.05) is 47.2 Å². The molecule has 6 heteroatoms. The minimum Gasteiger partial charge on any atom is -0.317 e. The monoisotopic (exact) mass is 348 g/mol. The molecule has 1 amide bonds. The van der Waals surface area contributed by atoms with E-state index in [1.165, 1.54) is 17.4 Å². The van der Waals surface area contributed by atoms with Gasteiger partial charge in [0.05, 0.1) is 10.2 Å². The van der Waals surface area contributed by atoms with Gasteiger partial charge in [-0.1, -0.05) is 29.0 Å². The lowest BCUT2D eigenvalue weighted by Gasteiger charge is -1.99. The predicted molar refractivity (Wildman–Crippen MR) is 94.4 cm³/mol. The molecule has 0 atom stereocenters. The van der Waals surface area contributed by atoms with Crippen molar-refractivity contribution in [1.82, 2.24) is 4.57 Å². The van der Waals surface area contributed by atoms with Crippen LogP contribution in [-0.2, 0) is 11.3 Å². The highest BCUT2D eigenvalue weighted by Gasteiger charge is 2.06. The summed E-state index contributed by atoms with van der Waals surface area (Å²) >= 11 is 9.09. The average Bonchev–Trinajstić information content (AvgIpc) is 3.11. The second-order valence-electron chi connectivity index (χ2n) is 4.54. The van der Waals surface area contributed by atoms with E-state index in [-0.39, 0.29) is 5.91 Å². The van der Waals surface area contributed by atoms with E-state index in [9.17, 15) is 4.79 Å². The highest BCUT2D eigenvalue weighted by atomic mass is 35.5. The number of aryl methyl sites for hydroxylation is 1. The number of carbonyl (C=O) groups excluding carboxylic acids is 1. The third-order valence-corrected chi connectivity index (χ3v) is 5.21. The number of hydrogen-bond donors (Lipinski definition) is 0. The number of benzene rings is 1. The maximum Gasteiger partial charge on any atom is 0.272 e. The maximum atomic E-state index is 12.0. The number of aromatic nitrogens is 1. The number of halogens is 1. The van der Waals surface area contributed by atoms with E-state index in [2.05, 4.69) is 4.99 Å². The van der Waals surface area contributed by atoms with E-state index in [1.54, 1.807) is 17.4 Å². The molecule has 3 rings (SSSR count). The van der Waals surface area contributed by atoms with Crippen molar-refractivity contribution in [3.63, 3.8) is 0 Å². The van der Waals surface area contributed by atoms with Gasteiger partial charge in [0.1, 0.15) is 0 Å². The van der Waals surface area contributed by atoms with Gasteiger partial charge in [-0.25, -0.2) is 0 Å². The first kappa shape index (κ1) is 15.2. The van der Waals surface area contributed by atoms with Crippen LogP contribution >= 0.6 is 34.3 Å². The van der Waals surface area contributed by atoms with Gasteiger partial charge in [0.2, 0.25) is 0 Å². The summed E-state index contributed by atoms with van der Waals surface area (Å²) in [5.41, 5.74) is 1.05. The van der Waals surface area contributed by atoms with E-state index in [4.69, 9.17) is 11.6 Å². The number of hydrogen-bond acceptors (Lipinski definition) is 3. The summed E-state index contributed by atoms with van der Waals surface area (Å²) in [5, 5.41) is 2.66. The van der Waals surface area contributed by atoms with E-state index in [0.717, 1.165) is 21.6 Å². The van der Waals surface area contributed by atoms with Crippen LogP contribution in [0.25, 0.3) is 16.3 Å². The third-order valence-electron chi connectivity index (χ3n) is 3.10. The molecule has 3 nitrogen and oxygen atoms in total. The lowest BCUT2D eigenvalue weighted by Crippen LogP contribution is -2.15. The molecule has 0 spiro atoms. The Morgan fingerprint density at radius 1 is 1.41 bits per heavy atom. The van der Waals surface area contributed by atoms with Crippen LogP contribution in [0.1, 0.15) is 11.8 Å². The standard InChI is InChI=1S/C16H13ClN2OS2/c1-2-19-13-7-5-11(17)10-14(13)22-16(19)18-15(20)8-6-12-4-3-9-21-12/h3-10H,2H2,1H3. The number of thiophene rings is 1. The predicted octanol–water partition coefficient (Wildman–Crippen LogP) is 4.58. The topological polar surface area (TPSA) is 34.4 Å². The Bertz CT molecular complexity index is 904. The van der Waals surface area contributed by atoms with Crippen LogP contribution < -0.4 is 4.80 Å². The van der Waals surface area contributed by atoms with Crippen molar-refractivity contribution in [3.8, 4) is 0 Å². The summed E-state index contributed by atoms with van der Waals surface area (Å²) in [6, 6.07) is 9.63. The van der Waals surface area contributed by atoms with Crippen molar-refractivity contribution in [3.05, 3.63) is 56.5 Å². The molecule has 0 aliphatic rings. The quantitative estimate of drug-likeness (QED) is 0.638. The number of fused-ring (bicyclic) bond motifs is 1. The molecule has 0 unspecified atom stereocenters.